The molecular formula is C13H22N2S. The highest BCUT2D eigenvalue weighted by molar-refractivity contribution is 8.14. The Morgan fingerprint density at radius 3 is 2.56 bits per heavy atom. The molecule has 0 saturated heterocycles. The van der Waals surface area contributed by atoms with E-state index in [-0.39, 0.29) is 0 Å². The molecule has 3 heteroatoms. The molecule has 0 amide bonds. The molecule has 2 nitrogen and oxygen atoms in total. The van der Waals surface area contributed by atoms with E-state index in [2.05, 4.69) is 17.2 Å². The summed E-state index contributed by atoms with van der Waals surface area (Å²) in [5.41, 5.74) is 0. The Morgan fingerprint density at radius 1 is 1.12 bits per heavy atom. The van der Waals surface area contributed by atoms with Crippen molar-refractivity contribution >= 4 is 16.9 Å². The Morgan fingerprint density at radius 2 is 1.88 bits per heavy atom. The van der Waals surface area contributed by atoms with Crippen LogP contribution in [0.15, 0.2) is 4.99 Å². The van der Waals surface area contributed by atoms with Crippen LogP contribution in [0.2, 0.25) is 0 Å². The Hall–Kier alpha value is -0.180. The van der Waals surface area contributed by atoms with Crippen LogP contribution in [0.1, 0.15) is 45.4 Å². The van der Waals surface area contributed by atoms with Gasteiger partial charge >= 0.3 is 0 Å². The van der Waals surface area contributed by atoms with Crippen LogP contribution in [-0.2, 0) is 0 Å². The average molecular weight is 238 g/mol. The van der Waals surface area contributed by atoms with Gasteiger partial charge in [-0.1, -0.05) is 18.7 Å². The Kier molecular flexibility index (Phi) is 3.14. The van der Waals surface area contributed by atoms with Gasteiger partial charge in [0.25, 0.3) is 0 Å². The number of nitrogens with zero attached hydrogens (tertiary/aromatic N) is 1. The van der Waals surface area contributed by atoms with Crippen molar-refractivity contribution in [1.82, 2.24) is 5.32 Å². The van der Waals surface area contributed by atoms with Crippen molar-refractivity contribution < 1.29 is 0 Å². The van der Waals surface area contributed by atoms with E-state index in [1.165, 1.54) is 43.7 Å². The minimum Gasteiger partial charge on any atom is -0.362 e. The van der Waals surface area contributed by atoms with Crippen molar-refractivity contribution in [3.05, 3.63) is 0 Å². The van der Waals surface area contributed by atoms with Gasteiger partial charge in [0.05, 0.1) is 6.54 Å². The van der Waals surface area contributed by atoms with Crippen molar-refractivity contribution in [3.63, 3.8) is 0 Å². The normalized spacial score (nSPS) is 39.6. The summed E-state index contributed by atoms with van der Waals surface area (Å²) < 4.78 is 0. The monoisotopic (exact) mass is 238 g/mol. The predicted molar refractivity (Wildman–Crippen MR) is 71.0 cm³/mol. The zero-order valence-corrected chi connectivity index (χ0v) is 10.9. The summed E-state index contributed by atoms with van der Waals surface area (Å²) in [5, 5.41) is 5.72. The molecule has 1 heterocycles. The highest BCUT2D eigenvalue weighted by atomic mass is 32.2. The third-order valence-corrected chi connectivity index (χ3v) is 5.48. The number of nitrogens with one attached hydrogen (secondary N) is 1. The first-order chi connectivity index (χ1) is 7.81. The molecule has 0 spiro atoms. The number of rotatable bonds is 2. The molecular weight excluding hydrogens is 216 g/mol. The van der Waals surface area contributed by atoms with Crippen LogP contribution in [0.25, 0.3) is 0 Å². The predicted octanol–water partition coefficient (Wildman–Crippen LogP) is 3.04. The summed E-state index contributed by atoms with van der Waals surface area (Å²) >= 11 is 2.01. The standard InChI is InChI=1S/C13H22N2S/c1-9-2-6-11(7-3-9)15-13-14-8-12(16-13)10-4-5-10/h9-12H,2-8H2,1H3,(H,14,15). The molecule has 1 N–H and O–H groups in total. The molecule has 2 aliphatic carbocycles. The van der Waals surface area contributed by atoms with Crippen LogP contribution in [0.3, 0.4) is 0 Å². The van der Waals surface area contributed by atoms with Gasteiger partial charge in [-0.2, -0.15) is 0 Å². The first-order valence-electron chi connectivity index (χ1n) is 6.79. The highest BCUT2D eigenvalue weighted by Crippen LogP contribution is 2.41. The summed E-state index contributed by atoms with van der Waals surface area (Å²) in [7, 11) is 0. The minimum absolute atomic E-state index is 0.709. The maximum Gasteiger partial charge on any atom is 0.157 e. The molecule has 1 aliphatic heterocycles. The number of amidine groups is 1. The summed E-state index contributed by atoms with van der Waals surface area (Å²) in [6, 6.07) is 0.709. The molecule has 3 rings (SSSR count). The van der Waals surface area contributed by atoms with E-state index < -0.39 is 0 Å². The second-order valence-corrected chi connectivity index (χ2v) is 6.97. The fourth-order valence-electron chi connectivity index (χ4n) is 2.76. The topological polar surface area (TPSA) is 24.4 Å². The van der Waals surface area contributed by atoms with E-state index in [1.807, 2.05) is 11.8 Å². The minimum atomic E-state index is 0.709. The Bertz CT molecular complexity index is 278. The number of thioether (sulfide) groups is 1. The molecule has 0 bridgehead atoms. The van der Waals surface area contributed by atoms with E-state index in [0.717, 1.165) is 23.6 Å². The molecule has 0 aromatic heterocycles. The van der Waals surface area contributed by atoms with Crippen LogP contribution in [0, 0.1) is 11.8 Å². The van der Waals surface area contributed by atoms with Gasteiger partial charge in [-0.3, -0.25) is 4.99 Å². The van der Waals surface area contributed by atoms with Gasteiger partial charge in [-0.05, 0) is 50.4 Å². The number of hydrogen-bond acceptors (Lipinski definition) is 3. The van der Waals surface area contributed by atoms with Crippen LogP contribution < -0.4 is 5.32 Å². The van der Waals surface area contributed by atoms with Crippen molar-refractivity contribution in [2.75, 3.05) is 6.54 Å². The molecule has 2 saturated carbocycles. The first-order valence-corrected chi connectivity index (χ1v) is 7.67. The lowest BCUT2D eigenvalue weighted by Crippen LogP contribution is -2.35. The van der Waals surface area contributed by atoms with Gasteiger partial charge in [0.15, 0.2) is 5.17 Å². The van der Waals surface area contributed by atoms with Crippen molar-refractivity contribution in [2.24, 2.45) is 16.8 Å². The van der Waals surface area contributed by atoms with Gasteiger partial charge in [-0.25, -0.2) is 0 Å². The molecule has 90 valence electrons. The Labute approximate surface area is 103 Å². The van der Waals surface area contributed by atoms with Gasteiger partial charge in [0, 0.05) is 11.3 Å². The van der Waals surface area contributed by atoms with Crippen molar-refractivity contribution in [1.29, 1.82) is 0 Å². The van der Waals surface area contributed by atoms with E-state index in [0.29, 0.717) is 6.04 Å². The van der Waals surface area contributed by atoms with Gasteiger partial charge in [0.1, 0.15) is 0 Å². The maximum absolute atomic E-state index is 4.66. The molecule has 1 unspecified atom stereocenters. The van der Waals surface area contributed by atoms with E-state index >= 15 is 0 Å². The second-order valence-electron chi connectivity index (χ2n) is 5.74. The summed E-state index contributed by atoms with van der Waals surface area (Å²) in [5.74, 6) is 1.93. The molecule has 2 fully saturated rings. The largest absolute Gasteiger partial charge is 0.362 e. The van der Waals surface area contributed by atoms with Crippen LogP contribution in [0.4, 0.5) is 0 Å². The zero-order chi connectivity index (χ0) is 11.0. The molecule has 16 heavy (non-hydrogen) atoms. The van der Waals surface area contributed by atoms with E-state index in [1.54, 1.807) is 0 Å². The van der Waals surface area contributed by atoms with Crippen LogP contribution in [0.5, 0.6) is 0 Å². The third kappa shape index (κ3) is 2.55. The van der Waals surface area contributed by atoms with Gasteiger partial charge in [-0.15, -0.1) is 0 Å². The fraction of sp³-hybridized carbons (Fsp3) is 0.923. The molecule has 1 atom stereocenters. The zero-order valence-electron chi connectivity index (χ0n) is 10.1. The Balaban J connectivity index is 1.45. The number of aliphatic imine (C=N–C) groups is 1. The fourth-order valence-corrected chi connectivity index (χ4v) is 4.05. The van der Waals surface area contributed by atoms with Crippen LogP contribution in [-0.4, -0.2) is 23.0 Å². The first kappa shape index (κ1) is 10.9. The third-order valence-electron chi connectivity index (χ3n) is 4.17. The summed E-state index contributed by atoms with van der Waals surface area (Å²) in [6.45, 7) is 3.45. The lowest BCUT2D eigenvalue weighted by atomic mass is 9.87. The maximum atomic E-state index is 4.66. The van der Waals surface area contributed by atoms with Crippen LogP contribution >= 0.6 is 11.8 Å². The van der Waals surface area contributed by atoms with Gasteiger partial charge < -0.3 is 5.32 Å². The van der Waals surface area contributed by atoms with E-state index in [9.17, 15) is 0 Å². The second kappa shape index (κ2) is 4.59. The molecule has 0 radical (unpaired) electrons. The molecule has 3 aliphatic rings. The summed E-state index contributed by atoms with van der Waals surface area (Å²) in [4.78, 5) is 4.66. The van der Waals surface area contributed by atoms with Crippen molar-refractivity contribution in [2.45, 2.75) is 56.7 Å². The van der Waals surface area contributed by atoms with E-state index in [4.69, 9.17) is 0 Å². The summed E-state index contributed by atoms with van der Waals surface area (Å²) in [6.07, 6.45) is 8.36. The highest BCUT2D eigenvalue weighted by Gasteiger charge is 2.35. The average Bonchev–Trinajstić information content (AvgIpc) is 3.04. The lowest BCUT2D eigenvalue weighted by molar-refractivity contribution is 0.332. The number of hydrogen-bond donors (Lipinski definition) is 1. The molecule has 0 aromatic carbocycles. The quantitative estimate of drug-likeness (QED) is 0.799. The molecule has 0 aromatic rings. The SMILES string of the molecule is CC1CCC(NC2=NCC(C3CC3)S2)CC1. The lowest BCUT2D eigenvalue weighted by Gasteiger charge is -2.27. The smallest absolute Gasteiger partial charge is 0.157 e. The van der Waals surface area contributed by atoms with Gasteiger partial charge in [0.2, 0.25) is 0 Å². The van der Waals surface area contributed by atoms with Crippen molar-refractivity contribution in [3.8, 4) is 0 Å².